The van der Waals surface area contributed by atoms with E-state index >= 15 is 0 Å². The highest BCUT2D eigenvalue weighted by molar-refractivity contribution is 7.99. The minimum atomic E-state index is 0.671. The van der Waals surface area contributed by atoms with Crippen LogP contribution in [0.25, 0.3) is 0 Å². The summed E-state index contributed by atoms with van der Waals surface area (Å²) >= 11 is 1.94. The van der Waals surface area contributed by atoms with Gasteiger partial charge < -0.3 is 5.32 Å². The summed E-state index contributed by atoms with van der Waals surface area (Å²) in [6, 6.07) is 9.93. The van der Waals surface area contributed by atoms with E-state index in [1.54, 1.807) is 0 Å². The number of rotatable bonds is 6. The van der Waals surface area contributed by atoms with Crippen molar-refractivity contribution in [1.29, 1.82) is 0 Å². The second-order valence-corrected chi connectivity index (χ2v) is 7.15. The maximum atomic E-state index is 3.57. The molecule has 1 atom stereocenters. The first-order valence-corrected chi connectivity index (χ1v) is 8.11. The Labute approximate surface area is 116 Å². The van der Waals surface area contributed by atoms with E-state index < -0.39 is 0 Å². The zero-order valence-corrected chi connectivity index (χ0v) is 12.4. The molecule has 2 rings (SSSR count). The Morgan fingerprint density at radius 1 is 1.28 bits per heavy atom. The first-order chi connectivity index (χ1) is 8.74. The Bertz CT molecular complexity index is 339. The largest absolute Gasteiger partial charge is 0.314 e. The van der Waals surface area contributed by atoms with Crippen molar-refractivity contribution < 1.29 is 0 Å². The molecule has 1 N–H and O–H groups in total. The van der Waals surface area contributed by atoms with Gasteiger partial charge in [0.2, 0.25) is 0 Å². The molecule has 1 aromatic carbocycles. The van der Waals surface area contributed by atoms with Crippen LogP contribution in [-0.4, -0.2) is 17.8 Å². The highest BCUT2D eigenvalue weighted by Gasteiger charge is 2.12. The minimum Gasteiger partial charge on any atom is -0.314 e. The molecule has 0 spiro atoms. The van der Waals surface area contributed by atoms with E-state index in [1.807, 2.05) is 11.8 Å². The smallest absolute Gasteiger partial charge is 0.00747 e. The van der Waals surface area contributed by atoms with Crippen LogP contribution >= 0.6 is 11.8 Å². The van der Waals surface area contributed by atoms with Gasteiger partial charge in [0.15, 0.2) is 0 Å². The first kappa shape index (κ1) is 14.0. The van der Waals surface area contributed by atoms with Crippen LogP contribution in [0.3, 0.4) is 0 Å². The lowest BCUT2D eigenvalue weighted by Gasteiger charge is -2.10. The molecule has 2 heteroatoms. The molecule has 1 heterocycles. The average molecular weight is 263 g/mol. The predicted octanol–water partition coefficient (Wildman–Crippen LogP) is 4.26. The van der Waals surface area contributed by atoms with E-state index in [1.165, 1.54) is 49.1 Å². The fourth-order valence-electron chi connectivity index (χ4n) is 2.56. The van der Waals surface area contributed by atoms with Gasteiger partial charge in [-0.1, -0.05) is 26.0 Å². The standard InChI is InChI=1S/C16H25NS/c1-13(2)18-16-10-8-14(9-11-16)5-3-6-15-7-4-12-17-15/h8-11,13,15,17H,3-7,12H2,1-2H3. The Morgan fingerprint density at radius 3 is 2.67 bits per heavy atom. The van der Waals surface area contributed by atoms with Crippen LogP contribution in [0.15, 0.2) is 29.2 Å². The van der Waals surface area contributed by atoms with Crippen LogP contribution < -0.4 is 5.32 Å². The number of thioether (sulfide) groups is 1. The summed E-state index contributed by atoms with van der Waals surface area (Å²) in [4.78, 5) is 1.39. The quantitative estimate of drug-likeness (QED) is 0.770. The van der Waals surface area contributed by atoms with Crippen molar-refractivity contribution in [2.75, 3.05) is 6.54 Å². The van der Waals surface area contributed by atoms with Gasteiger partial charge >= 0.3 is 0 Å². The normalized spacial score (nSPS) is 19.6. The molecule has 1 aliphatic heterocycles. The molecule has 18 heavy (non-hydrogen) atoms. The van der Waals surface area contributed by atoms with Crippen molar-refractivity contribution in [2.24, 2.45) is 0 Å². The zero-order chi connectivity index (χ0) is 12.8. The van der Waals surface area contributed by atoms with E-state index in [9.17, 15) is 0 Å². The van der Waals surface area contributed by atoms with E-state index in [2.05, 4.69) is 43.4 Å². The van der Waals surface area contributed by atoms with Gasteiger partial charge in [0.1, 0.15) is 0 Å². The van der Waals surface area contributed by atoms with Crippen molar-refractivity contribution in [3.8, 4) is 0 Å². The van der Waals surface area contributed by atoms with Gasteiger partial charge in [-0.3, -0.25) is 0 Å². The monoisotopic (exact) mass is 263 g/mol. The number of nitrogens with one attached hydrogen (secondary N) is 1. The molecule has 0 aromatic heterocycles. The lowest BCUT2D eigenvalue weighted by atomic mass is 10.0. The van der Waals surface area contributed by atoms with Crippen LogP contribution in [0.2, 0.25) is 0 Å². The van der Waals surface area contributed by atoms with E-state index in [0.29, 0.717) is 5.25 Å². The summed E-state index contributed by atoms with van der Waals surface area (Å²) in [5.74, 6) is 0. The topological polar surface area (TPSA) is 12.0 Å². The van der Waals surface area contributed by atoms with E-state index in [0.717, 1.165) is 6.04 Å². The Kier molecular flexibility index (Phi) is 5.58. The zero-order valence-electron chi connectivity index (χ0n) is 11.6. The summed E-state index contributed by atoms with van der Waals surface area (Å²) in [5, 5.41) is 4.24. The molecule has 1 unspecified atom stereocenters. The third kappa shape index (κ3) is 4.66. The molecule has 0 amide bonds. The van der Waals surface area contributed by atoms with Crippen LogP contribution in [-0.2, 0) is 6.42 Å². The van der Waals surface area contributed by atoms with Gasteiger partial charge in [-0.2, -0.15) is 0 Å². The Balaban J connectivity index is 1.72. The minimum absolute atomic E-state index is 0.671. The molecule has 1 fully saturated rings. The molecular formula is C16H25NS. The average Bonchev–Trinajstić information content (AvgIpc) is 2.84. The summed E-state index contributed by atoms with van der Waals surface area (Å²) in [5.41, 5.74) is 1.49. The number of hydrogen-bond acceptors (Lipinski definition) is 2. The molecule has 0 aliphatic carbocycles. The van der Waals surface area contributed by atoms with Crippen molar-refractivity contribution in [2.45, 2.75) is 62.1 Å². The van der Waals surface area contributed by atoms with Gasteiger partial charge in [-0.25, -0.2) is 0 Å². The molecule has 100 valence electrons. The van der Waals surface area contributed by atoms with Crippen LogP contribution in [0, 0.1) is 0 Å². The van der Waals surface area contributed by atoms with Gasteiger partial charge in [0.25, 0.3) is 0 Å². The molecule has 1 saturated heterocycles. The SMILES string of the molecule is CC(C)Sc1ccc(CCCC2CCCN2)cc1. The number of aryl methyl sites for hydroxylation is 1. The third-order valence-corrected chi connectivity index (χ3v) is 4.49. The van der Waals surface area contributed by atoms with Crippen LogP contribution in [0.4, 0.5) is 0 Å². The molecule has 0 radical (unpaired) electrons. The van der Waals surface area contributed by atoms with Crippen LogP contribution in [0.5, 0.6) is 0 Å². The number of benzene rings is 1. The lowest BCUT2D eigenvalue weighted by Crippen LogP contribution is -2.20. The van der Waals surface area contributed by atoms with E-state index in [-0.39, 0.29) is 0 Å². The second-order valence-electron chi connectivity index (χ2n) is 5.50. The molecule has 1 aromatic rings. The molecular weight excluding hydrogens is 238 g/mol. The summed E-state index contributed by atoms with van der Waals surface area (Å²) in [6.45, 7) is 5.71. The summed E-state index contributed by atoms with van der Waals surface area (Å²) < 4.78 is 0. The first-order valence-electron chi connectivity index (χ1n) is 7.23. The Hall–Kier alpha value is -0.470. The van der Waals surface area contributed by atoms with Crippen molar-refractivity contribution in [3.05, 3.63) is 29.8 Å². The number of hydrogen-bond donors (Lipinski definition) is 1. The Morgan fingerprint density at radius 2 is 2.06 bits per heavy atom. The van der Waals surface area contributed by atoms with Gasteiger partial charge in [-0.05, 0) is 56.3 Å². The maximum absolute atomic E-state index is 3.57. The molecule has 0 bridgehead atoms. The fraction of sp³-hybridized carbons (Fsp3) is 0.625. The van der Waals surface area contributed by atoms with Gasteiger partial charge in [0.05, 0.1) is 0 Å². The predicted molar refractivity (Wildman–Crippen MR) is 81.4 cm³/mol. The fourth-order valence-corrected chi connectivity index (χ4v) is 3.40. The summed E-state index contributed by atoms with van der Waals surface area (Å²) in [7, 11) is 0. The molecule has 1 aliphatic rings. The third-order valence-electron chi connectivity index (χ3n) is 3.48. The maximum Gasteiger partial charge on any atom is 0.00747 e. The summed E-state index contributed by atoms with van der Waals surface area (Å²) in [6.07, 6.45) is 6.62. The van der Waals surface area contributed by atoms with Crippen molar-refractivity contribution >= 4 is 11.8 Å². The highest BCUT2D eigenvalue weighted by Crippen LogP contribution is 2.23. The molecule has 1 nitrogen and oxygen atoms in total. The molecule has 0 saturated carbocycles. The van der Waals surface area contributed by atoms with Gasteiger partial charge in [-0.15, -0.1) is 11.8 Å². The van der Waals surface area contributed by atoms with E-state index in [4.69, 9.17) is 0 Å². The highest BCUT2D eigenvalue weighted by atomic mass is 32.2. The van der Waals surface area contributed by atoms with Crippen LogP contribution in [0.1, 0.15) is 45.1 Å². The van der Waals surface area contributed by atoms with Crippen molar-refractivity contribution in [3.63, 3.8) is 0 Å². The van der Waals surface area contributed by atoms with Crippen molar-refractivity contribution in [1.82, 2.24) is 5.32 Å². The van der Waals surface area contributed by atoms with Gasteiger partial charge in [0, 0.05) is 16.2 Å². The second kappa shape index (κ2) is 7.20. The lowest BCUT2D eigenvalue weighted by molar-refractivity contribution is 0.536.